The van der Waals surface area contributed by atoms with Gasteiger partial charge < -0.3 is 102 Å². The van der Waals surface area contributed by atoms with Gasteiger partial charge in [-0.3, -0.25) is 29.3 Å². The number of ketones is 2. The first-order chi connectivity index (χ1) is 53.6. The van der Waals surface area contributed by atoms with Crippen molar-refractivity contribution in [2.45, 2.75) is 234 Å². The molecule has 4 aliphatic heterocycles. The van der Waals surface area contributed by atoms with Crippen LogP contribution >= 0.6 is 55.9 Å². The minimum atomic E-state index is -2.05. The predicted molar refractivity (Wildman–Crippen MR) is 430 cm³/mol. The summed E-state index contributed by atoms with van der Waals surface area (Å²) in [4.78, 5) is 86.3. The Morgan fingerprint density at radius 2 is 1.54 bits per heavy atom. The summed E-state index contributed by atoms with van der Waals surface area (Å²) < 4.78 is 76.0. The molecule has 18 unspecified atom stereocenters. The van der Waals surface area contributed by atoms with Gasteiger partial charge in [-0.25, -0.2) is 4.79 Å². The maximum atomic E-state index is 13.9. The summed E-state index contributed by atoms with van der Waals surface area (Å²) in [6.07, 6.45) is -8.57. The largest absolute Gasteiger partial charge is 0.494 e. The molecule has 4 saturated heterocycles. The van der Waals surface area contributed by atoms with E-state index in [-0.39, 0.29) is 99.4 Å². The molecule has 113 heavy (non-hydrogen) atoms. The number of carbonyl (C=O) groups is 6. The number of rotatable bonds is 29. The van der Waals surface area contributed by atoms with Crippen LogP contribution in [0.5, 0.6) is 23.0 Å². The Morgan fingerprint density at radius 1 is 0.858 bits per heavy atom. The van der Waals surface area contributed by atoms with E-state index in [9.17, 15) is 54.3 Å². The molecule has 8 N–H and O–H groups in total. The van der Waals surface area contributed by atoms with E-state index in [0.29, 0.717) is 48.0 Å². The van der Waals surface area contributed by atoms with Crippen LogP contribution in [0.2, 0.25) is 0 Å². The number of Topliss-reactive ketones (excluding diaryl/α,β-unsaturated/α-hetero) is 2. The zero-order valence-electron chi connectivity index (χ0n) is 67.4. The molecule has 2 aliphatic carbocycles. The number of nitrogens with zero attached hydrogens (tertiary/aromatic N) is 3. The summed E-state index contributed by atoms with van der Waals surface area (Å²) in [5.41, 5.74) is 3.37. The number of methoxy groups -OCH3 is 5. The van der Waals surface area contributed by atoms with Gasteiger partial charge >= 0.3 is 11.8 Å². The summed E-state index contributed by atoms with van der Waals surface area (Å²) in [6.45, 7) is 20.6. The highest BCUT2D eigenvalue weighted by molar-refractivity contribution is 14.1. The van der Waals surface area contributed by atoms with Gasteiger partial charge in [0.1, 0.15) is 55.2 Å². The number of allylic oxidation sites excluding steroid dienone is 3. The van der Waals surface area contributed by atoms with Crippen molar-refractivity contribution in [3.63, 3.8) is 0 Å². The molecule has 0 spiro atoms. The van der Waals surface area contributed by atoms with Gasteiger partial charge in [0.15, 0.2) is 35.5 Å². The second-order valence-electron chi connectivity index (χ2n) is 27.8. The molecule has 6 aliphatic rings. The van der Waals surface area contributed by atoms with Crippen LogP contribution in [0, 0.1) is 34.2 Å². The number of ether oxygens (including phenoxy) is 13. The van der Waals surface area contributed by atoms with E-state index in [1.807, 2.05) is 88.4 Å². The standard InChI is InChI=1S/C40H55N3O13S2.C24H35IO10S.C14H19N3O2/c1-10-43(25(4)45)27-22-53-31(19-30(27)50-7)56-36-35(47)33(42-52-9)24(3)54-37(36)55-29-15-13-11-12-14-17-40(49)21-28(46)34(41-38(48)51-8)32(29)26(40)16-18-57-58-39(5,6)20-23(2)44;1-9-8-13(26)22(12(4)33-9)36-23(29)14-10(2)15(25)19(21(32-7)18(14)30-5)35-24-17(28)20(31-6)16(27)11(3)34-24;1-11(17-16-3)12-6-8-13(9-7-12)19-10-4-5-14(18)15-2/h11-12,16,24,27,29-31,33,35-37,42,47,49H,10,18-22H2,1-9H3,(H,41,48);9,11-13,16-17,20,22,24,26-28H,8H2,1-7H3;6-9H,4-5,10H2,1-3H3/p+1/b12-11-,26-16+;;/t24?,27?,29-,30?,31?,33?,35?,36?,37?,40?;;/m1../s1. The fraction of sp³-hybridized carbons (Fsp3) is 0.628. The van der Waals surface area contributed by atoms with Gasteiger partial charge in [-0.2, -0.15) is 5.48 Å². The summed E-state index contributed by atoms with van der Waals surface area (Å²) in [7, 11) is 14.5. The number of hydrogen-bond donors (Lipinski definition) is 8. The molecule has 8 rings (SSSR count). The molecule has 4 heterocycles. The highest BCUT2D eigenvalue weighted by atomic mass is 127. The molecule has 2 bridgehead atoms. The van der Waals surface area contributed by atoms with Crippen LogP contribution < -0.4 is 35.1 Å². The molecule has 3 amide bonds. The summed E-state index contributed by atoms with van der Waals surface area (Å²) in [5, 5.41) is 63.7. The van der Waals surface area contributed by atoms with Crippen molar-refractivity contribution in [2.75, 3.05) is 82.3 Å². The van der Waals surface area contributed by atoms with Crippen molar-refractivity contribution in [1.29, 1.82) is 0 Å². The van der Waals surface area contributed by atoms with Crippen LogP contribution in [-0.2, 0) is 66.6 Å². The van der Waals surface area contributed by atoms with Gasteiger partial charge in [0.2, 0.25) is 29.0 Å². The van der Waals surface area contributed by atoms with Crippen LogP contribution in [-0.4, -0.2) is 278 Å². The third-order valence-electron chi connectivity index (χ3n) is 19.0. The number of fused-ring (bicyclic) bond motifs is 2. The van der Waals surface area contributed by atoms with E-state index in [4.69, 9.17) is 66.4 Å². The number of aliphatic hydroxyl groups excluding tert-OH is 4. The van der Waals surface area contributed by atoms with E-state index < -0.39 is 120 Å². The second kappa shape index (κ2) is 45.5. The number of alkyl carbamates (subject to hydrolysis) is 1. The second-order valence-corrected chi connectivity index (χ2v) is 33.0. The number of halogens is 1. The van der Waals surface area contributed by atoms with Crippen LogP contribution in [0.25, 0.3) is 0 Å². The average Bonchev–Trinajstić information content (AvgIpc) is 0.785. The Hall–Kier alpha value is -6.24. The number of hydrogen-bond acceptors (Lipinski definition) is 30. The van der Waals surface area contributed by atoms with Crippen molar-refractivity contribution >= 4 is 96.2 Å². The Morgan fingerprint density at radius 3 is 2.14 bits per heavy atom. The number of amides is 3. The van der Waals surface area contributed by atoms with Crippen LogP contribution in [0.4, 0.5) is 4.79 Å². The van der Waals surface area contributed by atoms with Gasteiger partial charge in [0.25, 0.3) is 0 Å². The Balaban J connectivity index is 0.000000304. The van der Waals surface area contributed by atoms with E-state index in [1.165, 1.54) is 83.1 Å². The molecule has 626 valence electrons. The van der Waals surface area contributed by atoms with Crippen LogP contribution in [0.1, 0.15) is 129 Å². The lowest BCUT2D eigenvalue weighted by molar-refractivity contribution is -0.331. The van der Waals surface area contributed by atoms with Crippen LogP contribution in [0.3, 0.4) is 0 Å². The molecular weight excluding hydrogens is 1640 g/mol. The number of hydroxylamine groups is 1. The molecule has 0 saturated carbocycles. The summed E-state index contributed by atoms with van der Waals surface area (Å²) in [6, 6.07) is 6.46. The van der Waals surface area contributed by atoms with Crippen molar-refractivity contribution in [2.24, 2.45) is 5.11 Å². The first-order valence-electron chi connectivity index (χ1n) is 36.8. The Bertz CT molecular complexity index is 3890. The molecule has 2 aromatic rings. The topological polar surface area (TPSA) is 399 Å². The van der Waals surface area contributed by atoms with Crippen molar-refractivity contribution < 1.29 is 126 Å². The number of thioether (sulfide) groups is 1. The molecule has 19 atom stereocenters. The summed E-state index contributed by atoms with van der Waals surface area (Å²) >= 11 is 3.05. The third kappa shape index (κ3) is 25.9. The Labute approximate surface area is 686 Å². The minimum Gasteiger partial charge on any atom is -0.494 e. The van der Waals surface area contributed by atoms with Gasteiger partial charge in [0, 0.05) is 89.0 Å². The maximum absolute atomic E-state index is 13.9. The monoisotopic (exact) mass is 1750 g/mol. The average molecular weight is 1750 g/mol. The zero-order chi connectivity index (χ0) is 83.8. The first kappa shape index (κ1) is 95.6. The maximum Gasteiger partial charge on any atom is 0.411 e. The first-order valence-corrected chi connectivity index (χ1v) is 41.1. The lowest BCUT2D eigenvalue weighted by atomic mass is 9.75. The highest BCUT2D eigenvalue weighted by Gasteiger charge is 2.52. The van der Waals surface area contributed by atoms with Gasteiger partial charge in [0.05, 0.1) is 132 Å². The van der Waals surface area contributed by atoms with Crippen molar-refractivity contribution in [3.05, 3.63) is 79.6 Å². The molecule has 2 aromatic carbocycles. The number of carbonyl (C=O) groups excluding carboxylic acids is 6. The van der Waals surface area contributed by atoms with E-state index in [1.54, 1.807) is 45.8 Å². The number of aliphatic hydroxyl groups is 5. The fourth-order valence-electron chi connectivity index (χ4n) is 13.5. The summed E-state index contributed by atoms with van der Waals surface area (Å²) in [5.74, 6) is 12.3. The molecule has 0 aromatic heterocycles. The third-order valence-corrected chi connectivity index (χ3v) is 24.8. The van der Waals surface area contributed by atoms with Gasteiger partial charge in [-0.05, 0) is 133 Å². The Kier molecular flexibility index (Phi) is 38.5. The van der Waals surface area contributed by atoms with E-state index in [0.717, 1.165) is 35.9 Å². The minimum absolute atomic E-state index is 0.00317. The van der Waals surface area contributed by atoms with Gasteiger partial charge in [-0.1, -0.05) is 63.1 Å². The van der Waals surface area contributed by atoms with Crippen LogP contribution in [0.15, 0.2) is 64.5 Å². The predicted octanol–water partition coefficient (Wildman–Crippen LogP) is 6.30. The molecule has 0 radical (unpaired) electrons. The molecule has 35 heteroatoms. The molecular formula is C78H110IN6O25S3+. The fourth-order valence-corrected chi connectivity index (χ4v) is 17.7. The quantitative estimate of drug-likeness (QED) is 0.00647. The SMILES string of the molecule is CCN(C(C)=O)C1COC(OC2C(O[C@@H]3C#C/C=C\C#CC4(O)CC(=O)C(NC(=O)OC)=C3/C4=C\CSSC(C)(C)CC(C)=O)OC(C)C(NOC)C2O)CC1OC.CN=[N+]=C(C)c1ccc(OCCCC(=O)NC)cc1.COc1c(OC2OC(C)C(O)C(OC)C2O)c(I)c(C)c(C(=O)SC2C(O)CC(C)OC2C)c1OC. The molecule has 4 fully saturated rings. The molecule has 31 nitrogen and oxygen atoms in total. The number of benzene rings is 2. The van der Waals surface area contributed by atoms with Gasteiger partial charge in [-0.15, -0.1) is 0 Å². The normalized spacial score (nSPS) is 29.2. The smallest absolute Gasteiger partial charge is 0.411 e. The van der Waals surface area contributed by atoms with Crippen molar-refractivity contribution in [1.82, 2.24) is 21.0 Å². The zero-order valence-corrected chi connectivity index (χ0v) is 72.0. The highest BCUT2D eigenvalue weighted by Crippen LogP contribution is 2.49. The lowest BCUT2D eigenvalue weighted by Crippen LogP contribution is -2.64. The number of nitrogens with one attached hydrogen (secondary N) is 3. The van der Waals surface area contributed by atoms with E-state index in [2.05, 4.69) is 49.7 Å². The lowest BCUT2D eigenvalue weighted by Gasteiger charge is -2.47. The van der Waals surface area contributed by atoms with E-state index >= 15 is 0 Å². The number of likely N-dealkylation sites (N-methyl/N-ethyl adjacent to an activating group) is 1. The van der Waals surface area contributed by atoms with Crippen molar-refractivity contribution in [3.8, 4) is 46.7 Å².